The summed E-state index contributed by atoms with van der Waals surface area (Å²) in [7, 11) is 0. The Labute approximate surface area is 152 Å². The average Bonchev–Trinajstić information content (AvgIpc) is 3.14. The fraction of sp³-hybridized carbons (Fsp3) is 0.350. The van der Waals surface area contributed by atoms with Crippen molar-refractivity contribution in [1.82, 2.24) is 10.2 Å². The summed E-state index contributed by atoms with van der Waals surface area (Å²) in [6, 6.07) is 13.7. The second kappa shape index (κ2) is 8.78. The monoisotopic (exact) mass is 358 g/mol. The van der Waals surface area contributed by atoms with E-state index in [1.54, 1.807) is 35.2 Å². The van der Waals surface area contributed by atoms with Crippen molar-refractivity contribution in [2.45, 2.75) is 25.6 Å². The number of benzene rings is 2. The highest BCUT2D eigenvalue weighted by molar-refractivity contribution is 5.78. The normalized spacial score (nSPS) is 16.7. The fourth-order valence-electron chi connectivity index (χ4n) is 2.99. The van der Waals surface area contributed by atoms with Gasteiger partial charge in [-0.15, -0.1) is 0 Å². The van der Waals surface area contributed by atoms with Gasteiger partial charge in [-0.25, -0.2) is 4.39 Å². The van der Waals surface area contributed by atoms with Crippen molar-refractivity contribution < 1.29 is 19.0 Å². The van der Waals surface area contributed by atoms with Crippen LogP contribution in [0.3, 0.4) is 0 Å². The number of aliphatic hydroxyl groups excluding tert-OH is 1. The zero-order valence-corrected chi connectivity index (χ0v) is 14.5. The van der Waals surface area contributed by atoms with Crippen molar-refractivity contribution in [3.63, 3.8) is 0 Å². The molecule has 0 aliphatic carbocycles. The molecular formula is C20H23FN2O3. The molecule has 0 radical (unpaired) electrons. The number of nitrogens with zero attached hydrogens (tertiary/aromatic N) is 1. The molecule has 5 nitrogen and oxygen atoms in total. The Hall–Kier alpha value is -2.44. The third kappa shape index (κ3) is 5.03. The standard InChI is InChI=1S/C20H23FN2O3/c21-17-3-1-2-16(10-17)11-22-18-8-9-23(12-18)20(25)14-26-19-6-4-15(13-24)5-7-19/h1-7,10,18,22,24H,8-9,11-14H2. The SMILES string of the molecule is O=C(COc1ccc(CO)cc1)N1CCC(NCc2cccc(F)c2)C1. The van der Waals surface area contributed by atoms with E-state index in [1.807, 2.05) is 6.07 Å². The van der Waals surface area contributed by atoms with E-state index in [1.165, 1.54) is 12.1 Å². The number of hydrogen-bond donors (Lipinski definition) is 2. The molecular weight excluding hydrogens is 335 g/mol. The third-order valence-electron chi connectivity index (χ3n) is 4.49. The van der Waals surface area contributed by atoms with Crippen LogP contribution >= 0.6 is 0 Å². The van der Waals surface area contributed by atoms with Gasteiger partial charge in [0.25, 0.3) is 5.91 Å². The molecule has 0 spiro atoms. The van der Waals surface area contributed by atoms with Crippen molar-refractivity contribution >= 4 is 5.91 Å². The molecule has 1 aliphatic heterocycles. The van der Waals surface area contributed by atoms with Crippen molar-refractivity contribution in [2.75, 3.05) is 19.7 Å². The van der Waals surface area contributed by atoms with Crippen LogP contribution in [0.1, 0.15) is 17.5 Å². The molecule has 26 heavy (non-hydrogen) atoms. The molecule has 138 valence electrons. The van der Waals surface area contributed by atoms with E-state index >= 15 is 0 Å². The van der Waals surface area contributed by atoms with Gasteiger partial charge in [-0.05, 0) is 41.8 Å². The first kappa shape index (κ1) is 18.4. The first-order valence-corrected chi connectivity index (χ1v) is 8.72. The maximum atomic E-state index is 13.2. The van der Waals surface area contributed by atoms with Gasteiger partial charge in [-0.1, -0.05) is 24.3 Å². The van der Waals surface area contributed by atoms with E-state index in [2.05, 4.69) is 5.32 Å². The quantitative estimate of drug-likeness (QED) is 0.796. The van der Waals surface area contributed by atoms with Crippen LogP contribution in [0, 0.1) is 5.82 Å². The molecule has 0 saturated carbocycles. The molecule has 1 fully saturated rings. The summed E-state index contributed by atoms with van der Waals surface area (Å²) in [6.45, 7) is 1.87. The van der Waals surface area contributed by atoms with E-state index in [0.717, 1.165) is 17.5 Å². The van der Waals surface area contributed by atoms with Gasteiger partial charge >= 0.3 is 0 Å². The van der Waals surface area contributed by atoms with Crippen molar-refractivity contribution in [3.8, 4) is 5.75 Å². The Balaban J connectivity index is 1.41. The number of carbonyl (C=O) groups is 1. The summed E-state index contributed by atoms with van der Waals surface area (Å²) < 4.78 is 18.7. The summed E-state index contributed by atoms with van der Waals surface area (Å²) in [6.07, 6.45) is 0.867. The van der Waals surface area contributed by atoms with Gasteiger partial charge in [-0.3, -0.25) is 4.79 Å². The van der Waals surface area contributed by atoms with Crippen molar-refractivity contribution in [3.05, 3.63) is 65.5 Å². The van der Waals surface area contributed by atoms with E-state index in [4.69, 9.17) is 9.84 Å². The average molecular weight is 358 g/mol. The third-order valence-corrected chi connectivity index (χ3v) is 4.49. The molecule has 0 bridgehead atoms. The molecule has 1 amide bonds. The van der Waals surface area contributed by atoms with Gasteiger partial charge in [0.15, 0.2) is 6.61 Å². The Kier molecular flexibility index (Phi) is 6.20. The van der Waals surface area contributed by atoms with Crippen molar-refractivity contribution in [2.24, 2.45) is 0 Å². The van der Waals surface area contributed by atoms with Gasteiger partial charge in [-0.2, -0.15) is 0 Å². The molecule has 2 aromatic rings. The minimum atomic E-state index is -0.239. The number of nitrogens with one attached hydrogen (secondary N) is 1. The number of ether oxygens (including phenoxy) is 1. The highest BCUT2D eigenvalue weighted by Crippen LogP contribution is 2.14. The smallest absolute Gasteiger partial charge is 0.260 e. The van der Waals surface area contributed by atoms with Crippen LogP contribution in [0.25, 0.3) is 0 Å². The lowest BCUT2D eigenvalue weighted by Crippen LogP contribution is -2.37. The Morgan fingerprint density at radius 2 is 2.04 bits per heavy atom. The van der Waals surface area contributed by atoms with E-state index in [0.29, 0.717) is 25.4 Å². The summed E-state index contributed by atoms with van der Waals surface area (Å²) in [5, 5.41) is 12.4. The molecule has 1 heterocycles. The largest absolute Gasteiger partial charge is 0.484 e. The van der Waals surface area contributed by atoms with Crippen LogP contribution in [-0.2, 0) is 17.9 Å². The molecule has 1 saturated heterocycles. The van der Waals surface area contributed by atoms with E-state index < -0.39 is 0 Å². The zero-order chi connectivity index (χ0) is 18.4. The molecule has 1 unspecified atom stereocenters. The highest BCUT2D eigenvalue weighted by atomic mass is 19.1. The number of amides is 1. The molecule has 3 rings (SSSR count). The van der Waals surface area contributed by atoms with Gasteiger partial charge in [0, 0.05) is 25.7 Å². The van der Waals surface area contributed by atoms with Gasteiger partial charge in [0.05, 0.1) is 6.61 Å². The summed E-state index contributed by atoms with van der Waals surface area (Å²) >= 11 is 0. The maximum Gasteiger partial charge on any atom is 0.260 e. The van der Waals surface area contributed by atoms with Gasteiger partial charge in [0.1, 0.15) is 11.6 Å². The zero-order valence-electron chi connectivity index (χ0n) is 14.5. The number of aliphatic hydroxyl groups is 1. The predicted molar refractivity (Wildman–Crippen MR) is 96.1 cm³/mol. The van der Waals surface area contributed by atoms with Crippen LogP contribution in [0.4, 0.5) is 4.39 Å². The molecule has 0 aromatic heterocycles. The van der Waals surface area contributed by atoms with Crippen LogP contribution in [0.15, 0.2) is 48.5 Å². The van der Waals surface area contributed by atoms with Crippen molar-refractivity contribution in [1.29, 1.82) is 0 Å². The van der Waals surface area contributed by atoms with Crippen LogP contribution in [-0.4, -0.2) is 41.7 Å². The maximum absolute atomic E-state index is 13.2. The lowest BCUT2D eigenvalue weighted by atomic mass is 10.2. The molecule has 1 atom stereocenters. The Bertz CT molecular complexity index is 736. The molecule has 2 aromatic carbocycles. The van der Waals surface area contributed by atoms with Gasteiger partial charge in [0.2, 0.25) is 0 Å². The summed E-state index contributed by atoms with van der Waals surface area (Å²) in [5.74, 6) is 0.318. The topological polar surface area (TPSA) is 61.8 Å². The minimum absolute atomic E-state index is 0.00487. The molecule has 1 aliphatic rings. The van der Waals surface area contributed by atoms with E-state index in [9.17, 15) is 9.18 Å². The van der Waals surface area contributed by atoms with Crippen LogP contribution in [0.2, 0.25) is 0 Å². The molecule has 2 N–H and O–H groups in total. The fourth-order valence-corrected chi connectivity index (χ4v) is 2.99. The summed E-state index contributed by atoms with van der Waals surface area (Å²) in [5.41, 5.74) is 1.69. The Morgan fingerprint density at radius 1 is 1.23 bits per heavy atom. The van der Waals surface area contributed by atoms with Crippen LogP contribution < -0.4 is 10.1 Å². The minimum Gasteiger partial charge on any atom is -0.484 e. The Morgan fingerprint density at radius 3 is 2.77 bits per heavy atom. The highest BCUT2D eigenvalue weighted by Gasteiger charge is 2.26. The lowest BCUT2D eigenvalue weighted by Gasteiger charge is -2.17. The predicted octanol–water partition coefficient (Wildman–Crippen LogP) is 2.09. The number of hydrogen-bond acceptors (Lipinski definition) is 4. The summed E-state index contributed by atoms with van der Waals surface area (Å²) in [4.78, 5) is 14.1. The number of carbonyl (C=O) groups excluding carboxylic acids is 1. The first-order valence-electron chi connectivity index (χ1n) is 8.72. The van der Waals surface area contributed by atoms with E-state index in [-0.39, 0.29) is 31.0 Å². The van der Waals surface area contributed by atoms with Gasteiger partial charge < -0.3 is 20.1 Å². The molecule has 6 heteroatoms. The number of halogens is 1. The second-order valence-electron chi connectivity index (χ2n) is 6.43. The first-order chi connectivity index (χ1) is 12.6. The number of rotatable bonds is 7. The number of likely N-dealkylation sites (tertiary alicyclic amines) is 1. The lowest BCUT2D eigenvalue weighted by molar-refractivity contribution is -0.132. The second-order valence-corrected chi connectivity index (χ2v) is 6.43. The van der Waals surface area contributed by atoms with Crippen LogP contribution in [0.5, 0.6) is 5.75 Å².